The minimum atomic E-state index is 0.452. The molecule has 0 aromatic carbocycles. The molecule has 1 aromatic rings. The van der Waals surface area contributed by atoms with Crippen LogP contribution in [-0.4, -0.2) is 9.81 Å². The van der Waals surface area contributed by atoms with Gasteiger partial charge in [0.2, 0.25) is 0 Å². The highest BCUT2D eigenvalue weighted by atomic mass is 79.9. The summed E-state index contributed by atoms with van der Waals surface area (Å²) in [5, 5.41) is 0.753. The molecule has 0 aliphatic heterocycles. The molecule has 0 fully saturated rings. The van der Waals surface area contributed by atoms with Crippen LogP contribution in [0.1, 0.15) is 12.6 Å². The molecule has 3 heteroatoms. The van der Waals surface area contributed by atoms with Crippen LogP contribution in [0.4, 0.5) is 0 Å². The van der Waals surface area contributed by atoms with Crippen molar-refractivity contribution in [2.45, 2.75) is 18.2 Å². The maximum atomic E-state index is 5.77. The SMILES string of the molecule is CC(Br)Cc1cc(Cl)ccn1. The van der Waals surface area contributed by atoms with Crippen LogP contribution in [-0.2, 0) is 6.42 Å². The maximum absolute atomic E-state index is 5.77. The van der Waals surface area contributed by atoms with Gasteiger partial charge in [-0.25, -0.2) is 0 Å². The first-order valence-electron chi connectivity index (χ1n) is 3.43. The molecule has 1 nitrogen and oxygen atoms in total. The number of nitrogens with zero attached hydrogens (tertiary/aromatic N) is 1. The van der Waals surface area contributed by atoms with Gasteiger partial charge in [0.25, 0.3) is 0 Å². The smallest absolute Gasteiger partial charge is 0.0439 e. The Morgan fingerprint density at radius 2 is 2.45 bits per heavy atom. The van der Waals surface area contributed by atoms with Crippen molar-refractivity contribution >= 4 is 27.5 Å². The van der Waals surface area contributed by atoms with Crippen LogP contribution in [0.25, 0.3) is 0 Å². The lowest BCUT2D eigenvalue weighted by molar-refractivity contribution is 0.914. The molecule has 60 valence electrons. The second kappa shape index (κ2) is 4.07. The summed E-state index contributed by atoms with van der Waals surface area (Å²) in [5.41, 5.74) is 1.03. The molecule has 0 radical (unpaired) electrons. The molecular weight excluding hydrogens is 225 g/mol. The zero-order chi connectivity index (χ0) is 8.27. The summed E-state index contributed by atoms with van der Waals surface area (Å²) in [5.74, 6) is 0. The van der Waals surface area contributed by atoms with Gasteiger partial charge in [0.05, 0.1) is 0 Å². The highest BCUT2D eigenvalue weighted by Crippen LogP contribution is 2.11. The van der Waals surface area contributed by atoms with Crippen molar-refractivity contribution in [3.05, 3.63) is 29.0 Å². The van der Waals surface area contributed by atoms with Crippen molar-refractivity contribution in [2.75, 3.05) is 0 Å². The summed E-state index contributed by atoms with van der Waals surface area (Å²) in [6.45, 7) is 2.09. The Kier molecular flexibility index (Phi) is 3.34. The number of halogens is 2. The fourth-order valence-corrected chi connectivity index (χ4v) is 1.36. The molecule has 0 aliphatic carbocycles. The fourth-order valence-electron chi connectivity index (χ4n) is 0.849. The molecule has 1 rings (SSSR count). The molecule has 0 bridgehead atoms. The molecule has 0 saturated heterocycles. The Morgan fingerprint density at radius 1 is 1.73 bits per heavy atom. The van der Waals surface area contributed by atoms with Crippen LogP contribution in [0.15, 0.2) is 18.3 Å². The van der Waals surface area contributed by atoms with Crippen molar-refractivity contribution in [3.63, 3.8) is 0 Å². The van der Waals surface area contributed by atoms with E-state index in [1.165, 1.54) is 0 Å². The van der Waals surface area contributed by atoms with Gasteiger partial charge in [0.15, 0.2) is 0 Å². The number of pyridine rings is 1. The number of alkyl halides is 1. The maximum Gasteiger partial charge on any atom is 0.0439 e. The van der Waals surface area contributed by atoms with Gasteiger partial charge < -0.3 is 0 Å². The van der Waals surface area contributed by atoms with Gasteiger partial charge in [-0.1, -0.05) is 34.5 Å². The third-order valence-electron chi connectivity index (χ3n) is 1.27. The van der Waals surface area contributed by atoms with E-state index in [1.807, 2.05) is 6.07 Å². The predicted molar refractivity (Wildman–Crippen MR) is 51.3 cm³/mol. The van der Waals surface area contributed by atoms with Gasteiger partial charge in [0, 0.05) is 28.2 Å². The summed E-state index contributed by atoms with van der Waals surface area (Å²) < 4.78 is 0. The van der Waals surface area contributed by atoms with E-state index >= 15 is 0 Å². The summed E-state index contributed by atoms with van der Waals surface area (Å²) in [4.78, 5) is 4.62. The molecule has 0 amide bonds. The molecular formula is C8H9BrClN. The summed E-state index contributed by atoms with van der Waals surface area (Å²) in [6.07, 6.45) is 2.65. The van der Waals surface area contributed by atoms with Crippen molar-refractivity contribution in [1.82, 2.24) is 4.98 Å². The van der Waals surface area contributed by atoms with Crippen LogP contribution >= 0.6 is 27.5 Å². The van der Waals surface area contributed by atoms with Crippen LogP contribution in [0.3, 0.4) is 0 Å². The normalized spacial score (nSPS) is 13.0. The zero-order valence-electron chi connectivity index (χ0n) is 6.22. The molecule has 0 aliphatic rings. The highest BCUT2D eigenvalue weighted by molar-refractivity contribution is 9.09. The monoisotopic (exact) mass is 233 g/mol. The van der Waals surface area contributed by atoms with Crippen molar-refractivity contribution < 1.29 is 0 Å². The minimum Gasteiger partial charge on any atom is -0.261 e. The first-order chi connectivity index (χ1) is 5.18. The van der Waals surface area contributed by atoms with Crippen LogP contribution in [0, 0.1) is 0 Å². The summed E-state index contributed by atoms with van der Waals surface area (Å²) in [6, 6.07) is 3.67. The molecule has 0 spiro atoms. The first-order valence-corrected chi connectivity index (χ1v) is 4.72. The van der Waals surface area contributed by atoms with Gasteiger partial charge in [-0.2, -0.15) is 0 Å². The number of aromatic nitrogens is 1. The molecule has 1 aromatic heterocycles. The number of hydrogen-bond donors (Lipinski definition) is 0. The van der Waals surface area contributed by atoms with E-state index < -0.39 is 0 Å². The lowest BCUT2D eigenvalue weighted by Crippen LogP contribution is -1.98. The average Bonchev–Trinajstić information content (AvgIpc) is 1.85. The van der Waals surface area contributed by atoms with Gasteiger partial charge in [0.1, 0.15) is 0 Å². The highest BCUT2D eigenvalue weighted by Gasteiger charge is 1.99. The summed E-state index contributed by atoms with van der Waals surface area (Å²) in [7, 11) is 0. The van der Waals surface area contributed by atoms with Gasteiger partial charge in [-0.05, 0) is 12.1 Å². The Labute approximate surface area is 79.9 Å². The molecule has 1 unspecified atom stereocenters. The number of rotatable bonds is 2. The second-order valence-electron chi connectivity index (χ2n) is 2.45. The fraction of sp³-hybridized carbons (Fsp3) is 0.375. The lowest BCUT2D eigenvalue weighted by atomic mass is 10.2. The van der Waals surface area contributed by atoms with Crippen LogP contribution in [0.2, 0.25) is 5.02 Å². The second-order valence-corrected chi connectivity index (χ2v) is 4.45. The van der Waals surface area contributed by atoms with E-state index in [-0.39, 0.29) is 0 Å². The van der Waals surface area contributed by atoms with Crippen molar-refractivity contribution in [2.24, 2.45) is 0 Å². The van der Waals surface area contributed by atoms with E-state index in [9.17, 15) is 0 Å². The minimum absolute atomic E-state index is 0.452. The standard InChI is InChI=1S/C8H9BrClN/c1-6(9)4-8-5-7(10)2-3-11-8/h2-3,5-6H,4H2,1H3. The Balaban J connectivity index is 2.71. The molecule has 1 atom stereocenters. The van der Waals surface area contributed by atoms with Crippen molar-refractivity contribution in [1.29, 1.82) is 0 Å². The van der Waals surface area contributed by atoms with Crippen LogP contribution in [0.5, 0.6) is 0 Å². The topological polar surface area (TPSA) is 12.9 Å². The molecule has 1 heterocycles. The quantitative estimate of drug-likeness (QED) is 0.717. The van der Waals surface area contributed by atoms with E-state index in [0.29, 0.717) is 4.83 Å². The summed E-state index contributed by atoms with van der Waals surface area (Å²) >= 11 is 9.23. The van der Waals surface area contributed by atoms with Crippen LogP contribution < -0.4 is 0 Å². The van der Waals surface area contributed by atoms with E-state index in [4.69, 9.17) is 11.6 Å². The van der Waals surface area contributed by atoms with E-state index in [2.05, 4.69) is 27.8 Å². The van der Waals surface area contributed by atoms with Gasteiger partial charge in [-0.15, -0.1) is 0 Å². The molecule has 0 saturated carbocycles. The largest absolute Gasteiger partial charge is 0.261 e. The molecule has 11 heavy (non-hydrogen) atoms. The third-order valence-corrected chi connectivity index (χ3v) is 1.83. The Hall–Kier alpha value is -0.0800. The Bertz CT molecular complexity index is 237. The molecule has 0 N–H and O–H groups in total. The predicted octanol–water partition coefficient (Wildman–Crippen LogP) is 3.06. The Morgan fingerprint density at radius 3 is 3.00 bits per heavy atom. The van der Waals surface area contributed by atoms with Gasteiger partial charge >= 0.3 is 0 Å². The van der Waals surface area contributed by atoms with Crippen molar-refractivity contribution in [3.8, 4) is 0 Å². The lowest BCUT2D eigenvalue weighted by Gasteiger charge is -2.01. The van der Waals surface area contributed by atoms with E-state index in [1.54, 1.807) is 12.3 Å². The average molecular weight is 235 g/mol. The third kappa shape index (κ3) is 3.21. The number of hydrogen-bond acceptors (Lipinski definition) is 1. The van der Waals surface area contributed by atoms with E-state index in [0.717, 1.165) is 17.1 Å². The first kappa shape index (κ1) is 9.01. The van der Waals surface area contributed by atoms with Gasteiger partial charge in [-0.3, -0.25) is 4.98 Å². The zero-order valence-corrected chi connectivity index (χ0v) is 8.56.